The molecule has 1 aliphatic rings. The molecule has 1 heterocycles. The van der Waals surface area contributed by atoms with Gasteiger partial charge in [0.1, 0.15) is 0 Å². The number of nitrogens with zero attached hydrogens (tertiary/aromatic N) is 2. The predicted molar refractivity (Wildman–Crippen MR) is 97.1 cm³/mol. The molecule has 1 saturated heterocycles. The SMILES string of the molecule is CCc1ccccc1NC(=O)CN(C)C(=O)CN1CCCCCC1=O. The highest BCUT2D eigenvalue weighted by Crippen LogP contribution is 2.15. The van der Waals surface area contributed by atoms with Crippen LogP contribution in [0.15, 0.2) is 24.3 Å². The second kappa shape index (κ2) is 9.20. The average molecular weight is 345 g/mol. The molecule has 25 heavy (non-hydrogen) atoms. The molecule has 2 rings (SSSR count). The van der Waals surface area contributed by atoms with Crippen molar-refractivity contribution in [1.82, 2.24) is 9.80 Å². The molecule has 0 bridgehead atoms. The number of rotatable bonds is 6. The van der Waals surface area contributed by atoms with Gasteiger partial charge in [0.05, 0.1) is 13.1 Å². The Labute approximate surface area is 149 Å². The minimum absolute atomic E-state index is 0.0283. The van der Waals surface area contributed by atoms with E-state index in [1.807, 2.05) is 31.2 Å². The van der Waals surface area contributed by atoms with Gasteiger partial charge in [0.2, 0.25) is 17.7 Å². The first kappa shape index (κ1) is 19.0. The first-order chi connectivity index (χ1) is 12.0. The van der Waals surface area contributed by atoms with E-state index in [4.69, 9.17) is 0 Å². The molecule has 0 aliphatic carbocycles. The molecule has 1 fully saturated rings. The Morgan fingerprint density at radius 2 is 1.96 bits per heavy atom. The Hall–Kier alpha value is -2.37. The average Bonchev–Trinajstić information content (AvgIpc) is 2.79. The second-order valence-electron chi connectivity index (χ2n) is 6.43. The van der Waals surface area contributed by atoms with E-state index < -0.39 is 0 Å². The van der Waals surface area contributed by atoms with Crippen molar-refractivity contribution >= 4 is 23.4 Å². The number of para-hydroxylation sites is 1. The fourth-order valence-corrected chi connectivity index (χ4v) is 2.93. The summed E-state index contributed by atoms with van der Waals surface area (Å²) in [6.07, 6.45) is 4.16. The topological polar surface area (TPSA) is 69.7 Å². The number of likely N-dealkylation sites (tertiary alicyclic amines) is 1. The summed E-state index contributed by atoms with van der Waals surface area (Å²) < 4.78 is 0. The smallest absolute Gasteiger partial charge is 0.243 e. The zero-order chi connectivity index (χ0) is 18.2. The fraction of sp³-hybridized carbons (Fsp3) is 0.526. The van der Waals surface area contributed by atoms with Crippen LogP contribution in [-0.2, 0) is 20.8 Å². The Bertz CT molecular complexity index is 630. The third-order valence-electron chi connectivity index (χ3n) is 4.48. The van der Waals surface area contributed by atoms with Gasteiger partial charge in [0.15, 0.2) is 0 Å². The molecule has 1 aromatic rings. The summed E-state index contributed by atoms with van der Waals surface area (Å²) in [5.74, 6) is -0.423. The van der Waals surface area contributed by atoms with Gasteiger partial charge in [0.25, 0.3) is 0 Å². The summed E-state index contributed by atoms with van der Waals surface area (Å²) in [6, 6.07) is 7.63. The molecule has 0 atom stereocenters. The van der Waals surface area contributed by atoms with Gasteiger partial charge >= 0.3 is 0 Å². The summed E-state index contributed by atoms with van der Waals surface area (Å²) in [5.41, 5.74) is 1.83. The van der Waals surface area contributed by atoms with E-state index in [2.05, 4.69) is 5.32 Å². The maximum Gasteiger partial charge on any atom is 0.243 e. The number of anilines is 1. The van der Waals surface area contributed by atoms with Crippen molar-refractivity contribution in [2.24, 2.45) is 0 Å². The van der Waals surface area contributed by atoms with Crippen LogP contribution in [0.4, 0.5) is 5.69 Å². The summed E-state index contributed by atoms with van der Waals surface area (Å²) in [6.45, 7) is 2.67. The monoisotopic (exact) mass is 345 g/mol. The lowest BCUT2D eigenvalue weighted by Gasteiger charge is -2.24. The van der Waals surface area contributed by atoms with Crippen LogP contribution in [-0.4, -0.2) is 54.2 Å². The van der Waals surface area contributed by atoms with Crippen molar-refractivity contribution in [2.45, 2.75) is 39.0 Å². The molecule has 6 heteroatoms. The molecule has 0 aromatic heterocycles. The Balaban J connectivity index is 1.87. The molecule has 1 N–H and O–H groups in total. The van der Waals surface area contributed by atoms with Crippen LogP contribution in [0.25, 0.3) is 0 Å². The molecule has 6 nitrogen and oxygen atoms in total. The predicted octanol–water partition coefficient (Wildman–Crippen LogP) is 2.05. The quantitative estimate of drug-likeness (QED) is 0.858. The number of carbonyl (C=O) groups is 3. The highest BCUT2D eigenvalue weighted by Gasteiger charge is 2.22. The number of nitrogens with one attached hydrogen (secondary N) is 1. The van der Waals surface area contributed by atoms with Gasteiger partial charge in [0, 0.05) is 25.7 Å². The van der Waals surface area contributed by atoms with E-state index in [-0.39, 0.29) is 30.8 Å². The third kappa shape index (κ3) is 5.59. The first-order valence-electron chi connectivity index (χ1n) is 8.90. The van der Waals surface area contributed by atoms with Crippen LogP contribution in [0.5, 0.6) is 0 Å². The number of aryl methyl sites for hydroxylation is 1. The van der Waals surface area contributed by atoms with Gasteiger partial charge < -0.3 is 15.1 Å². The van der Waals surface area contributed by atoms with Crippen LogP contribution in [0.2, 0.25) is 0 Å². The largest absolute Gasteiger partial charge is 0.335 e. The van der Waals surface area contributed by atoms with E-state index >= 15 is 0 Å². The molecule has 1 aromatic carbocycles. The fourth-order valence-electron chi connectivity index (χ4n) is 2.93. The van der Waals surface area contributed by atoms with E-state index in [0.29, 0.717) is 13.0 Å². The van der Waals surface area contributed by atoms with Crippen LogP contribution in [0, 0.1) is 0 Å². The number of benzene rings is 1. The van der Waals surface area contributed by atoms with Crippen LogP contribution < -0.4 is 5.32 Å². The van der Waals surface area contributed by atoms with Crippen molar-refractivity contribution in [3.05, 3.63) is 29.8 Å². The summed E-state index contributed by atoms with van der Waals surface area (Å²) >= 11 is 0. The molecule has 1 aliphatic heterocycles. The van der Waals surface area contributed by atoms with Gasteiger partial charge in [-0.15, -0.1) is 0 Å². The van der Waals surface area contributed by atoms with Crippen molar-refractivity contribution in [3.8, 4) is 0 Å². The van der Waals surface area contributed by atoms with E-state index in [9.17, 15) is 14.4 Å². The zero-order valence-corrected chi connectivity index (χ0v) is 15.1. The van der Waals surface area contributed by atoms with Gasteiger partial charge in [-0.25, -0.2) is 0 Å². The molecular formula is C19H27N3O3. The number of hydrogen-bond donors (Lipinski definition) is 1. The second-order valence-corrected chi connectivity index (χ2v) is 6.43. The molecular weight excluding hydrogens is 318 g/mol. The highest BCUT2D eigenvalue weighted by atomic mass is 16.2. The molecule has 136 valence electrons. The normalized spacial score (nSPS) is 14.8. The van der Waals surface area contributed by atoms with Gasteiger partial charge in [-0.1, -0.05) is 31.5 Å². The maximum atomic E-state index is 12.3. The first-order valence-corrected chi connectivity index (χ1v) is 8.90. The third-order valence-corrected chi connectivity index (χ3v) is 4.48. The van der Waals surface area contributed by atoms with Crippen LogP contribution in [0.1, 0.15) is 38.2 Å². The Kier molecular flexibility index (Phi) is 6.98. The van der Waals surface area contributed by atoms with Crippen molar-refractivity contribution in [3.63, 3.8) is 0 Å². The van der Waals surface area contributed by atoms with E-state index in [1.54, 1.807) is 11.9 Å². The molecule has 3 amide bonds. The van der Waals surface area contributed by atoms with Crippen molar-refractivity contribution in [2.75, 3.05) is 32.0 Å². The number of likely N-dealkylation sites (N-methyl/N-ethyl adjacent to an activating group) is 1. The van der Waals surface area contributed by atoms with Crippen LogP contribution in [0.3, 0.4) is 0 Å². The van der Waals surface area contributed by atoms with Crippen molar-refractivity contribution < 1.29 is 14.4 Å². The lowest BCUT2D eigenvalue weighted by Crippen LogP contribution is -2.43. The van der Waals surface area contributed by atoms with Gasteiger partial charge in [-0.2, -0.15) is 0 Å². The molecule has 0 radical (unpaired) electrons. The Morgan fingerprint density at radius 1 is 1.20 bits per heavy atom. The zero-order valence-electron chi connectivity index (χ0n) is 15.1. The Morgan fingerprint density at radius 3 is 2.72 bits per heavy atom. The maximum absolute atomic E-state index is 12.3. The van der Waals surface area contributed by atoms with E-state index in [1.165, 1.54) is 4.90 Å². The summed E-state index contributed by atoms with van der Waals surface area (Å²) in [7, 11) is 1.59. The molecule has 0 unspecified atom stereocenters. The number of hydrogen-bond acceptors (Lipinski definition) is 3. The van der Waals surface area contributed by atoms with Gasteiger partial charge in [-0.05, 0) is 30.9 Å². The van der Waals surface area contributed by atoms with Gasteiger partial charge in [-0.3, -0.25) is 14.4 Å². The lowest BCUT2D eigenvalue weighted by molar-refractivity contribution is -0.140. The lowest BCUT2D eigenvalue weighted by atomic mass is 10.1. The highest BCUT2D eigenvalue weighted by molar-refractivity contribution is 5.95. The van der Waals surface area contributed by atoms with E-state index in [0.717, 1.165) is 36.9 Å². The molecule has 0 spiro atoms. The standard InChI is InChI=1S/C19H27N3O3/c1-3-15-9-6-7-10-16(15)20-17(23)13-21(2)19(25)14-22-12-8-4-5-11-18(22)24/h6-7,9-10H,3-5,8,11-14H2,1-2H3,(H,20,23). The minimum atomic E-state index is -0.237. The minimum Gasteiger partial charge on any atom is -0.335 e. The summed E-state index contributed by atoms with van der Waals surface area (Å²) in [4.78, 5) is 39.5. The number of amides is 3. The van der Waals surface area contributed by atoms with Crippen LogP contribution >= 0.6 is 0 Å². The molecule has 0 saturated carbocycles. The number of carbonyl (C=O) groups excluding carboxylic acids is 3. The summed E-state index contributed by atoms with van der Waals surface area (Å²) in [5, 5.41) is 2.86. The van der Waals surface area contributed by atoms with Crippen molar-refractivity contribution in [1.29, 1.82) is 0 Å².